The van der Waals surface area contributed by atoms with Gasteiger partial charge in [-0.25, -0.2) is 0 Å². The van der Waals surface area contributed by atoms with Crippen molar-refractivity contribution in [2.24, 2.45) is 5.73 Å². The van der Waals surface area contributed by atoms with Crippen LogP contribution in [0, 0.1) is 0 Å². The number of nitrogens with two attached hydrogens (primary N) is 1. The first kappa shape index (κ1) is 9.34. The molecule has 0 spiro atoms. The van der Waals surface area contributed by atoms with Gasteiger partial charge in [-0.3, -0.25) is 0 Å². The van der Waals surface area contributed by atoms with Crippen LogP contribution in [-0.2, 0) is 6.42 Å². The van der Waals surface area contributed by atoms with Crippen LogP contribution in [0.5, 0.6) is 11.5 Å². The van der Waals surface area contributed by atoms with Gasteiger partial charge in [-0.05, 0) is 19.0 Å². The lowest BCUT2D eigenvalue weighted by Gasteiger charge is -2.10. The molecule has 14 heavy (non-hydrogen) atoms. The SMILES string of the molecule is COc1cccc2c1OC(CCN)C2. The Morgan fingerprint density at radius 2 is 2.43 bits per heavy atom. The van der Waals surface area contributed by atoms with Crippen LogP contribution in [0.3, 0.4) is 0 Å². The molecule has 0 amide bonds. The second-order valence-electron chi connectivity index (χ2n) is 3.47. The van der Waals surface area contributed by atoms with Gasteiger partial charge in [0.25, 0.3) is 0 Å². The number of hydrogen-bond acceptors (Lipinski definition) is 3. The first-order chi connectivity index (χ1) is 6.85. The van der Waals surface area contributed by atoms with E-state index in [1.807, 2.05) is 12.1 Å². The summed E-state index contributed by atoms with van der Waals surface area (Å²) in [5, 5.41) is 0. The van der Waals surface area contributed by atoms with E-state index in [0.29, 0.717) is 6.54 Å². The minimum atomic E-state index is 0.228. The van der Waals surface area contributed by atoms with Crippen molar-refractivity contribution in [3.8, 4) is 11.5 Å². The monoisotopic (exact) mass is 193 g/mol. The normalized spacial score (nSPS) is 18.9. The molecule has 76 valence electrons. The lowest BCUT2D eigenvalue weighted by atomic mass is 10.1. The summed E-state index contributed by atoms with van der Waals surface area (Å²) in [5.41, 5.74) is 6.73. The lowest BCUT2D eigenvalue weighted by Crippen LogP contribution is -2.17. The molecule has 1 aliphatic heterocycles. The number of benzene rings is 1. The molecule has 3 heteroatoms. The Hall–Kier alpha value is -1.22. The second-order valence-corrected chi connectivity index (χ2v) is 3.47. The molecule has 0 saturated heterocycles. The summed E-state index contributed by atoms with van der Waals surface area (Å²) >= 11 is 0. The summed E-state index contributed by atoms with van der Waals surface area (Å²) in [6.45, 7) is 0.668. The molecule has 2 rings (SSSR count). The maximum absolute atomic E-state index is 5.76. The molecule has 3 nitrogen and oxygen atoms in total. The Bertz CT molecular complexity index is 325. The fourth-order valence-electron chi connectivity index (χ4n) is 1.82. The van der Waals surface area contributed by atoms with E-state index in [2.05, 4.69) is 6.07 Å². The van der Waals surface area contributed by atoms with Crippen LogP contribution < -0.4 is 15.2 Å². The molecule has 0 bridgehead atoms. The van der Waals surface area contributed by atoms with E-state index in [1.165, 1.54) is 5.56 Å². The number of ether oxygens (including phenoxy) is 2. The van der Waals surface area contributed by atoms with Crippen LogP contribution in [0.4, 0.5) is 0 Å². The molecule has 1 unspecified atom stereocenters. The summed E-state index contributed by atoms with van der Waals surface area (Å²) in [6, 6.07) is 5.99. The zero-order valence-corrected chi connectivity index (χ0v) is 8.32. The number of fused-ring (bicyclic) bond motifs is 1. The summed E-state index contributed by atoms with van der Waals surface area (Å²) in [4.78, 5) is 0. The van der Waals surface area contributed by atoms with Crippen molar-refractivity contribution in [2.75, 3.05) is 13.7 Å². The highest BCUT2D eigenvalue weighted by molar-refractivity contribution is 5.49. The van der Waals surface area contributed by atoms with E-state index in [1.54, 1.807) is 7.11 Å². The molecule has 0 saturated carbocycles. The van der Waals surface area contributed by atoms with Crippen LogP contribution in [-0.4, -0.2) is 19.8 Å². The fraction of sp³-hybridized carbons (Fsp3) is 0.455. The first-order valence-corrected chi connectivity index (χ1v) is 4.87. The Balaban J connectivity index is 2.21. The predicted molar refractivity (Wildman–Crippen MR) is 54.8 cm³/mol. The maximum atomic E-state index is 5.76. The van der Waals surface area contributed by atoms with E-state index in [4.69, 9.17) is 15.2 Å². The Morgan fingerprint density at radius 3 is 3.14 bits per heavy atom. The van der Waals surface area contributed by atoms with Crippen LogP contribution in [0.15, 0.2) is 18.2 Å². The number of para-hydroxylation sites is 1. The van der Waals surface area contributed by atoms with Gasteiger partial charge in [0.05, 0.1) is 7.11 Å². The summed E-state index contributed by atoms with van der Waals surface area (Å²) in [7, 11) is 1.66. The average molecular weight is 193 g/mol. The molecule has 2 N–H and O–H groups in total. The molecule has 1 heterocycles. The van der Waals surface area contributed by atoms with Gasteiger partial charge in [-0.1, -0.05) is 12.1 Å². The molecule has 1 aromatic rings. The predicted octanol–water partition coefficient (Wildman–Crippen LogP) is 1.35. The van der Waals surface area contributed by atoms with E-state index < -0.39 is 0 Å². The summed E-state index contributed by atoms with van der Waals surface area (Å²) in [6.07, 6.45) is 2.08. The molecular weight excluding hydrogens is 178 g/mol. The van der Waals surface area contributed by atoms with Crippen molar-refractivity contribution >= 4 is 0 Å². The van der Waals surface area contributed by atoms with Crippen molar-refractivity contribution in [1.29, 1.82) is 0 Å². The van der Waals surface area contributed by atoms with Gasteiger partial charge < -0.3 is 15.2 Å². The third-order valence-electron chi connectivity index (χ3n) is 2.50. The number of rotatable bonds is 3. The van der Waals surface area contributed by atoms with Gasteiger partial charge in [0.1, 0.15) is 6.10 Å². The smallest absolute Gasteiger partial charge is 0.164 e. The maximum Gasteiger partial charge on any atom is 0.164 e. The van der Waals surface area contributed by atoms with Gasteiger partial charge in [0, 0.05) is 12.0 Å². The van der Waals surface area contributed by atoms with Gasteiger partial charge >= 0.3 is 0 Å². The average Bonchev–Trinajstić information content (AvgIpc) is 2.60. The van der Waals surface area contributed by atoms with Crippen LogP contribution in [0.1, 0.15) is 12.0 Å². The molecule has 1 atom stereocenters. The summed E-state index contributed by atoms with van der Waals surface area (Å²) in [5.74, 6) is 1.72. The van der Waals surface area contributed by atoms with Crippen LogP contribution in [0.25, 0.3) is 0 Å². The van der Waals surface area contributed by atoms with E-state index in [0.717, 1.165) is 24.3 Å². The van der Waals surface area contributed by atoms with Crippen molar-refractivity contribution in [3.05, 3.63) is 23.8 Å². The molecule has 0 fully saturated rings. The molecule has 1 aromatic carbocycles. The van der Waals surface area contributed by atoms with E-state index in [-0.39, 0.29) is 6.10 Å². The summed E-state index contributed by atoms with van der Waals surface area (Å²) < 4.78 is 11.0. The molecule has 0 radical (unpaired) electrons. The Kier molecular flexibility index (Phi) is 2.59. The van der Waals surface area contributed by atoms with Crippen molar-refractivity contribution in [1.82, 2.24) is 0 Å². The molecular formula is C11H15NO2. The fourth-order valence-corrected chi connectivity index (χ4v) is 1.82. The van der Waals surface area contributed by atoms with Gasteiger partial charge in [-0.2, -0.15) is 0 Å². The highest BCUT2D eigenvalue weighted by Crippen LogP contribution is 2.38. The quantitative estimate of drug-likeness (QED) is 0.788. The largest absolute Gasteiger partial charge is 0.493 e. The van der Waals surface area contributed by atoms with Gasteiger partial charge in [0.2, 0.25) is 0 Å². The van der Waals surface area contributed by atoms with Crippen LogP contribution in [0.2, 0.25) is 0 Å². The van der Waals surface area contributed by atoms with Gasteiger partial charge in [-0.15, -0.1) is 0 Å². The molecule has 0 aromatic heterocycles. The standard InChI is InChI=1S/C11H15NO2/c1-13-10-4-2-3-8-7-9(5-6-12)14-11(8)10/h2-4,9H,5-7,12H2,1H3. The number of hydrogen-bond donors (Lipinski definition) is 1. The third-order valence-corrected chi connectivity index (χ3v) is 2.50. The molecule has 1 aliphatic rings. The molecule has 0 aliphatic carbocycles. The second kappa shape index (κ2) is 3.88. The number of methoxy groups -OCH3 is 1. The third kappa shape index (κ3) is 1.55. The van der Waals surface area contributed by atoms with Crippen molar-refractivity contribution in [2.45, 2.75) is 18.9 Å². The lowest BCUT2D eigenvalue weighted by molar-refractivity contribution is 0.216. The van der Waals surface area contributed by atoms with Gasteiger partial charge in [0.15, 0.2) is 11.5 Å². The van der Waals surface area contributed by atoms with E-state index >= 15 is 0 Å². The zero-order valence-electron chi connectivity index (χ0n) is 8.32. The van der Waals surface area contributed by atoms with Crippen molar-refractivity contribution < 1.29 is 9.47 Å². The highest BCUT2D eigenvalue weighted by atomic mass is 16.5. The topological polar surface area (TPSA) is 44.5 Å². The Morgan fingerprint density at radius 1 is 1.57 bits per heavy atom. The minimum Gasteiger partial charge on any atom is -0.493 e. The first-order valence-electron chi connectivity index (χ1n) is 4.87. The Labute approximate surface area is 83.8 Å². The van der Waals surface area contributed by atoms with Crippen LogP contribution >= 0.6 is 0 Å². The van der Waals surface area contributed by atoms with E-state index in [9.17, 15) is 0 Å². The van der Waals surface area contributed by atoms with Crippen molar-refractivity contribution in [3.63, 3.8) is 0 Å². The zero-order chi connectivity index (χ0) is 9.97. The minimum absolute atomic E-state index is 0.228. The highest BCUT2D eigenvalue weighted by Gasteiger charge is 2.24.